The molecule has 26 heavy (non-hydrogen) atoms. The fourth-order valence-electron chi connectivity index (χ4n) is 3.06. The summed E-state index contributed by atoms with van der Waals surface area (Å²) in [5.41, 5.74) is 1.74. The quantitative estimate of drug-likeness (QED) is 0.774. The fraction of sp³-hybridized carbons (Fsp3) is 0.316. The normalized spacial score (nSPS) is 14.9. The molecule has 1 fully saturated rings. The van der Waals surface area contributed by atoms with E-state index in [4.69, 9.17) is 9.26 Å². The van der Waals surface area contributed by atoms with E-state index in [2.05, 4.69) is 25.3 Å². The second-order valence-corrected chi connectivity index (χ2v) is 6.12. The van der Waals surface area contributed by atoms with E-state index in [9.17, 15) is 0 Å². The lowest BCUT2D eigenvalue weighted by Crippen LogP contribution is -2.29. The predicted molar refractivity (Wildman–Crippen MR) is 99.2 cm³/mol. The highest BCUT2D eigenvalue weighted by Gasteiger charge is 2.19. The highest BCUT2D eigenvalue weighted by molar-refractivity contribution is 5.71. The first-order chi connectivity index (χ1) is 12.8. The molecule has 7 nitrogen and oxygen atoms in total. The van der Waals surface area contributed by atoms with Crippen molar-refractivity contribution in [2.75, 3.05) is 38.2 Å². The molecule has 0 aliphatic carbocycles. The third kappa shape index (κ3) is 3.39. The Bertz CT molecular complexity index is 854. The number of pyridine rings is 1. The molecule has 1 N–H and O–H groups in total. The van der Waals surface area contributed by atoms with Gasteiger partial charge in [-0.1, -0.05) is 5.16 Å². The van der Waals surface area contributed by atoms with Crippen LogP contribution in [0.1, 0.15) is 6.42 Å². The van der Waals surface area contributed by atoms with Gasteiger partial charge in [0, 0.05) is 31.4 Å². The largest absolute Gasteiger partial charge is 0.497 e. The van der Waals surface area contributed by atoms with Gasteiger partial charge in [0.05, 0.1) is 12.7 Å². The molecule has 0 amide bonds. The minimum absolute atomic E-state index is 0.483. The number of aromatic nitrogens is 3. The highest BCUT2D eigenvalue weighted by Crippen LogP contribution is 2.30. The zero-order valence-corrected chi connectivity index (χ0v) is 14.7. The molecule has 3 aromatic rings. The highest BCUT2D eigenvalue weighted by atomic mass is 16.5. The first-order valence-electron chi connectivity index (χ1n) is 8.74. The van der Waals surface area contributed by atoms with E-state index in [1.807, 2.05) is 36.4 Å². The van der Waals surface area contributed by atoms with Crippen LogP contribution >= 0.6 is 0 Å². The Kier molecular flexibility index (Phi) is 4.79. The molecule has 1 aromatic carbocycles. The van der Waals surface area contributed by atoms with Gasteiger partial charge in [-0.15, -0.1) is 0 Å². The summed E-state index contributed by atoms with van der Waals surface area (Å²) in [7, 11) is 1.64. The van der Waals surface area contributed by atoms with Crippen LogP contribution in [-0.4, -0.2) is 48.4 Å². The Morgan fingerprint density at radius 3 is 2.85 bits per heavy atom. The van der Waals surface area contributed by atoms with Gasteiger partial charge in [-0.05, 0) is 49.4 Å². The monoisotopic (exact) mass is 351 g/mol. The summed E-state index contributed by atoms with van der Waals surface area (Å²) in [6.45, 7) is 3.83. The van der Waals surface area contributed by atoms with Crippen molar-refractivity contribution < 1.29 is 9.26 Å². The number of nitrogens with zero attached hydrogens (tertiary/aromatic N) is 4. The fourth-order valence-corrected chi connectivity index (χ4v) is 3.06. The predicted octanol–water partition coefficient (Wildman–Crippen LogP) is 2.61. The smallest absolute Gasteiger partial charge is 0.261 e. The van der Waals surface area contributed by atoms with E-state index >= 15 is 0 Å². The molecule has 7 heteroatoms. The van der Waals surface area contributed by atoms with Crippen LogP contribution in [0.25, 0.3) is 22.8 Å². The van der Waals surface area contributed by atoms with E-state index in [0.29, 0.717) is 11.7 Å². The van der Waals surface area contributed by atoms with Crippen molar-refractivity contribution in [2.24, 2.45) is 0 Å². The third-order valence-electron chi connectivity index (χ3n) is 4.43. The Labute approximate surface area is 152 Å². The van der Waals surface area contributed by atoms with E-state index < -0.39 is 0 Å². The number of rotatable bonds is 4. The molecule has 4 rings (SSSR count). The van der Waals surface area contributed by atoms with E-state index in [1.54, 1.807) is 13.3 Å². The first kappa shape index (κ1) is 16.5. The molecule has 2 aromatic heterocycles. The Morgan fingerprint density at radius 2 is 2.00 bits per heavy atom. The molecule has 0 radical (unpaired) electrons. The topological polar surface area (TPSA) is 76.3 Å². The lowest BCUT2D eigenvalue weighted by molar-refractivity contribution is 0.415. The van der Waals surface area contributed by atoms with Crippen LogP contribution in [0.5, 0.6) is 5.75 Å². The van der Waals surface area contributed by atoms with Gasteiger partial charge in [-0.25, -0.2) is 4.98 Å². The third-order valence-corrected chi connectivity index (χ3v) is 4.43. The van der Waals surface area contributed by atoms with Crippen molar-refractivity contribution in [3.63, 3.8) is 0 Å². The number of methoxy groups -OCH3 is 1. The van der Waals surface area contributed by atoms with Gasteiger partial charge in [0.25, 0.3) is 5.89 Å². The van der Waals surface area contributed by atoms with Gasteiger partial charge in [0.2, 0.25) is 5.82 Å². The molecule has 0 saturated carbocycles. The van der Waals surface area contributed by atoms with Crippen molar-refractivity contribution in [3.8, 4) is 28.6 Å². The number of hydrogen-bond acceptors (Lipinski definition) is 7. The summed E-state index contributed by atoms with van der Waals surface area (Å²) in [5, 5.41) is 7.55. The van der Waals surface area contributed by atoms with Gasteiger partial charge in [0.15, 0.2) is 0 Å². The Hall–Kier alpha value is -2.93. The van der Waals surface area contributed by atoms with E-state index in [-0.39, 0.29) is 0 Å². The second-order valence-electron chi connectivity index (χ2n) is 6.12. The molecule has 0 unspecified atom stereocenters. The number of ether oxygens (including phenoxy) is 1. The Balaban J connectivity index is 1.65. The van der Waals surface area contributed by atoms with Crippen LogP contribution in [0.3, 0.4) is 0 Å². The van der Waals surface area contributed by atoms with Gasteiger partial charge in [-0.3, -0.25) is 0 Å². The number of nitrogens with one attached hydrogen (secondary N) is 1. The first-order valence-corrected chi connectivity index (χ1v) is 8.74. The lowest BCUT2D eigenvalue weighted by atomic mass is 10.2. The minimum Gasteiger partial charge on any atom is -0.497 e. The van der Waals surface area contributed by atoms with Gasteiger partial charge < -0.3 is 19.5 Å². The summed E-state index contributed by atoms with van der Waals surface area (Å²) in [6.07, 6.45) is 2.88. The maximum Gasteiger partial charge on any atom is 0.261 e. The molecule has 0 spiro atoms. The van der Waals surface area contributed by atoms with Crippen LogP contribution in [0.4, 0.5) is 5.82 Å². The van der Waals surface area contributed by atoms with Crippen molar-refractivity contribution in [1.82, 2.24) is 20.4 Å². The van der Waals surface area contributed by atoms with E-state index in [0.717, 1.165) is 55.3 Å². The second kappa shape index (κ2) is 7.53. The zero-order chi connectivity index (χ0) is 17.8. The van der Waals surface area contributed by atoms with Crippen LogP contribution < -0.4 is 15.0 Å². The van der Waals surface area contributed by atoms with Crippen molar-refractivity contribution in [2.45, 2.75) is 6.42 Å². The summed E-state index contributed by atoms with van der Waals surface area (Å²) in [4.78, 5) is 11.4. The average molecular weight is 351 g/mol. The lowest BCUT2D eigenvalue weighted by Gasteiger charge is -2.22. The summed E-state index contributed by atoms with van der Waals surface area (Å²) >= 11 is 0. The van der Waals surface area contributed by atoms with Gasteiger partial charge in [-0.2, -0.15) is 4.98 Å². The number of anilines is 1. The molecule has 134 valence electrons. The van der Waals surface area contributed by atoms with Gasteiger partial charge in [0.1, 0.15) is 11.6 Å². The van der Waals surface area contributed by atoms with E-state index in [1.165, 1.54) is 0 Å². The summed E-state index contributed by atoms with van der Waals surface area (Å²) < 4.78 is 10.7. The molecule has 0 bridgehead atoms. The van der Waals surface area contributed by atoms with Crippen LogP contribution in [0.15, 0.2) is 47.1 Å². The number of benzene rings is 1. The van der Waals surface area contributed by atoms with Crippen molar-refractivity contribution in [3.05, 3.63) is 42.6 Å². The van der Waals surface area contributed by atoms with Crippen LogP contribution in [0, 0.1) is 0 Å². The van der Waals surface area contributed by atoms with Crippen molar-refractivity contribution in [1.29, 1.82) is 0 Å². The number of hydrogen-bond donors (Lipinski definition) is 1. The SMILES string of the molecule is COc1ccc(-c2noc(-c3cccnc3N3CCCNCC3)n2)cc1. The Morgan fingerprint density at radius 1 is 1.12 bits per heavy atom. The maximum atomic E-state index is 5.55. The summed E-state index contributed by atoms with van der Waals surface area (Å²) in [6, 6.07) is 11.5. The zero-order valence-electron chi connectivity index (χ0n) is 14.7. The molecule has 1 saturated heterocycles. The molecular weight excluding hydrogens is 330 g/mol. The molecule has 3 heterocycles. The summed E-state index contributed by atoms with van der Waals surface area (Å²) in [5.74, 6) is 2.72. The van der Waals surface area contributed by atoms with Crippen molar-refractivity contribution >= 4 is 5.82 Å². The molecule has 1 aliphatic heterocycles. The molecular formula is C19H21N5O2. The minimum atomic E-state index is 0.483. The van der Waals surface area contributed by atoms with Crippen LogP contribution in [0.2, 0.25) is 0 Å². The molecule has 1 aliphatic rings. The average Bonchev–Trinajstić information content (AvgIpc) is 3.03. The molecule has 0 atom stereocenters. The standard InChI is InChI=1S/C19H21N5O2/c1-25-15-7-5-14(6-8-15)17-22-19(26-23-17)16-4-2-10-21-18(16)24-12-3-9-20-11-13-24/h2,4-8,10,20H,3,9,11-13H2,1H3. The van der Waals surface area contributed by atoms with Gasteiger partial charge >= 0.3 is 0 Å². The van der Waals surface area contributed by atoms with Crippen LogP contribution in [-0.2, 0) is 0 Å². The maximum absolute atomic E-state index is 5.55.